The van der Waals surface area contributed by atoms with Gasteiger partial charge in [0.2, 0.25) is 5.91 Å². The van der Waals surface area contributed by atoms with Crippen molar-refractivity contribution in [3.8, 4) is 11.5 Å². The number of hydrogen-bond donors (Lipinski definition) is 2. The highest BCUT2D eigenvalue weighted by molar-refractivity contribution is 5.98. The van der Waals surface area contributed by atoms with Gasteiger partial charge in [0.25, 0.3) is 5.91 Å². The summed E-state index contributed by atoms with van der Waals surface area (Å²) < 4.78 is 16.7. The van der Waals surface area contributed by atoms with Crippen LogP contribution in [0.1, 0.15) is 40.0 Å². The molecule has 1 saturated heterocycles. The molecule has 0 saturated carbocycles. The molecule has 0 aliphatic carbocycles. The Morgan fingerprint density at radius 3 is 2.16 bits per heavy atom. The minimum absolute atomic E-state index is 0.125. The van der Waals surface area contributed by atoms with E-state index in [1.165, 1.54) is 0 Å². The van der Waals surface area contributed by atoms with Gasteiger partial charge in [-0.15, -0.1) is 0 Å². The Hall–Kier alpha value is -2.28. The van der Waals surface area contributed by atoms with E-state index in [2.05, 4.69) is 10.6 Å². The van der Waals surface area contributed by atoms with Crippen molar-refractivity contribution in [2.75, 3.05) is 30.5 Å². The van der Waals surface area contributed by atoms with Crippen LogP contribution in [-0.2, 0) is 14.3 Å². The first kappa shape index (κ1) is 19.1. The van der Waals surface area contributed by atoms with E-state index in [1.54, 1.807) is 19.1 Å². The van der Waals surface area contributed by atoms with Gasteiger partial charge in [0.15, 0.2) is 0 Å². The lowest BCUT2D eigenvalue weighted by Crippen LogP contribution is -2.27. The van der Waals surface area contributed by atoms with Gasteiger partial charge in [-0.25, -0.2) is 0 Å². The second-order valence-electron chi connectivity index (χ2n) is 5.60. The summed E-state index contributed by atoms with van der Waals surface area (Å²) in [4.78, 5) is 24.1. The Labute approximate surface area is 148 Å². The molecule has 2 N–H and O–H groups in total. The minimum Gasteiger partial charge on any atom is -0.492 e. The Morgan fingerprint density at radius 2 is 1.68 bits per heavy atom. The fourth-order valence-corrected chi connectivity index (χ4v) is 2.54. The molecule has 25 heavy (non-hydrogen) atoms. The molecule has 1 fully saturated rings. The molecule has 0 bridgehead atoms. The lowest BCUT2D eigenvalue weighted by Gasteiger charge is -2.18. The van der Waals surface area contributed by atoms with Crippen LogP contribution in [-0.4, -0.2) is 37.7 Å². The Kier molecular flexibility index (Phi) is 7.06. The molecule has 1 aliphatic rings. The molecule has 2 amide bonds. The van der Waals surface area contributed by atoms with Gasteiger partial charge in [0.1, 0.15) is 17.6 Å². The third-order valence-corrected chi connectivity index (χ3v) is 3.76. The quantitative estimate of drug-likeness (QED) is 0.753. The van der Waals surface area contributed by atoms with Gasteiger partial charge < -0.3 is 24.8 Å². The monoisotopic (exact) mass is 350 g/mol. The topological polar surface area (TPSA) is 85.9 Å². The van der Waals surface area contributed by atoms with Crippen LogP contribution in [0.5, 0.6) is 11.5 Å². The summed E-state index contributed by atoms with van der Waals surface area (Å²) in [5.74, 6) is 0.630. The number of nitrogens with one attached hydrogen (secondary N) is 2. The summed E-state index contributed by atoms with van der Waals surface area (Å²) >= 11 is 0. The number of carbonyl (C=O) groups excluding carboxylic acids is 2. The first-order valence-corrected chi connectivity index (χ1v) is 8.74. The fraction of sp³-hybridized carbons (Fsp3) is 0.556. The SMILES string of the molecule is CCOc1cc(NC(=O)C2CCCO2)c(OCC)cc1NC(=O)CC. The fourth-order valence-electron chi connectivity index (χ4n) is 2.54. The maximum atomic E-state index is 12.3. The molecule has 1 atom stereocenters. The Bertz CT molecular complexity index is 612. The van der Waals surface area contributed by atoms with Crippen molar-refractivity contribution in [1.82, 2.24) is 0 Å². The van der Waals surface area contributed by atoms with Crippen LogP contribution >= 0.6 is 0 Å². The van der Waals surface area contributed by atoms with E-state index in [9.17, 15) is 9.59 Å². The van der Waals surface area contributed by atoms with E-state index in [-0.39, 0.29) is 11.8 Å². The number of hydrogen-bond acceptors (Lipinski definition) is 5. The first-order chi connectivity index (χ1) is 12.1. The number of rotatable bonds is 8. The average Bonchev–Trinajstić information content (AvgIpc) is 3.13. The van der Waals surface area contributed by atoms with E-state index < -0.39 is 6.10 Å². The molecule has 1 unspecified atom stereocenters. The van der Waals surface area contributed by atoms with E-state index in [0.29, 0.717) is 55.5 Å². The zero-order valence-electron chi connectivity index (χ0n) is 15.0. The molecule has 7 heteroatoms. The van der Waals surface area contributed by atoms with Crippen molar-refractivity contribution in [1.29, 1.82) is 0 Å². The number of amides is 2. The Balaban J connectivity index is 2.30. The number of ether oxygens (including phenoxy) is 3. The molecule has 1 heterocycles. The molecule has 1 aliphatic heterocycles. The van der Waals surface area contributed by atoms with Crippen LogP contribution in [0.25, 0.3) is 0 Å². The van der Waals surface area contributed by atoms with Gasteiger partial charge in [-0.3, -0.25) is 9.59 Å². The van der Waals surface area contributed by atoms with Crippen LogP contribution in [0.2, 0.25) is 0 Å². The molecule has 1 aromatic carbocycles. The molecule has 0 spiro atoms. The third-order valence-electron chi connectivity index (χ3n) is 3.76. The standard InChI is InChI=1S/C18H26N2O5/c1-4-17(21)19-12-10-16(24-6-3)13(11-15(12)23-5-2)20-18(22)14-8-7-9-25-14/h10-11,14H,4-9H2,1-3H3,(H,19,21)(H,20,22). The predicted octanol–water partition coefficient (Wildman–Crippen LogP) is 2.95. The lowest BCUT2D eigenvalue weighted by molar-refractivity contribution is -0.124. The molecule has 2 rings (SSSR count). The lowest BCUT2D eigenvalue weighted by atomic mass is 10.2. The van der Waals surface area contributed by atoms with Crippen molar-refractivity contribution >= 4 is 23.2 Å². The van der Waals surface area contributed by atoms with Gasteiger partial charge in [0.05, 0.1) is 24.6 Å². The summed E-state index contributed by atoms with van der Waals surface area (Å²) in [7, 11) is 0. The molecule has 138 valence electrons. The van der Waals surface area contributed by atoms with E-state index in [0.717, 1.165) is 6.42 Å². The maximum Gasteiger partial charge on any atom is 0.253 e. The summed E-state index contributed by atoms with van der Waals surface area (Å²) in [5, 5.41) is 5.65. The van der Waals surface area contributed by atoms with Crippen LogP contribution in [0.3, 0.4) is 0 Å². The Morgan fingerprint density at radius 1 is 1.08 bits per heavy atom. The number of benzene rings is 1. The van der Waals surface area contributed by atoms with Crippen molar-refractivity contribution in [3.05, 3.63) is 12.1 Å². The minimum atomic E-state index is -0.440. The maximum absolute atomic E-state index is 12.3. The van der Waals surface area contributed by atoms with Crippen LogP contribution in [0.15, 0.2) is 12.1 Å². The van der Waals surface area contributed by atoms with Crippen molar-refractivity contribution < 1.29 is 23.8 Å². The van der Waals surface area contributed by atoms with Crippen molar-refractivity contribution in [2.24, 2.45) is 0 Å². The molecule has 7 nitrogen and oxygen atoms in total. The first-order valence-electron chi connectivity index (χ1n) is 8.74. The highest BCUT2D eigenvalue weighted by Gasteiger charge is 2.25. The average molecular weight is 350 g/mol. The number of carbonyl (C=O) groups is 2. The normalized spacial score (nSPS) is 16.4. The summed E-state index contributed by atoms with van der Waals surface area (Å²) in [6.07, 6.45) is 1.50. The third kappa shape index (κ3) is 5.09. The summed E-state index contributed by atoms with van der Waals surface area (Å²) in [5.41, 5.74) is 1.02. The predicted molar refractivity (Wildman–Crippen MR) is 95.3 cm³/mol. The zero-order valence-corrected chi connectivity index (χ0v) is 15.0. The molecular weight excluding hydrogens is 324 g/mol. The number of anilines is 2. The second kappa shape index (κ2) is 9.27. The van der Waals surface area contributed by atoms with Crippen molar-refractivity contribution in [2.45, 2.75) is 46.1 Å². The molecule has 0 radical (unpaired) electrons. The molecule has 0 aromatic heterocycles. The van der Waals surface area contributed by atoms with Crippen LogP contribution in [0, 0.1) is 0 Å². The van der Waals surface area contributed by atoms with Crippen molar-refractivity contribution in [3.63, 3.8) is 0 Å². The van der Waals surface area contributed by atoms with Crippen LogP contribution < -0.4 is 20.1 Å². The summed E-state index contributed by atoms with van der Waals surface area (Å²) in [6.45, 7) is 6.94. The molecular formula is C18H26N2O5. The largest absolute Gasteiger partial charge is 0.492 e. The van der Waals surface area contributed by atoms with E-state index in [1.807, 2.05) is 13.8 Å². The molecule has 1 aromatic rings. The van der Waals surface area contributed by atoms with Gasteiger partial charge in [0, 0.05) is 25.2 Å². The highest BCUT2D eigenvalue weighted by Crippen LogP contribution is 2.37. The van der Waals surface area contributed by atoms with Gasteiger partial charge >= 0.3 is 0 Å². The van der Waals surface area contributed by atoms with E-state index >= 15 is 0 Å². The smallest absolute Gasteiger partial charge is 0.253 e. The summed E-state index contributed by atoms with van der Waals surface area (Å²) in [6, 6.07) is 3.35. The second-order valence-corrected chi connectivity index (χ2v) is 5.60. The van der Waals surface area contributed by atoms with E-state index in [4.69, 9.17) is 14.2 Å². The van der Waals surface area contributed by atoms with Gasteiger partial charge in [-0.2, -0.15) is 0 Å². The van der Waals surface area contributed by atoms with Crippen LogP contribution in [0.4, 0.5) is 11.4 Å². The van der Waals surface area contributed by atoms with Gasteiger partial charge in [-0.1, -0.05) is 6.92 Å². The zero-order chi connectivity index (χ0) is 18.2. The highest BCUT2D eigenvalue weighted by atomic mass is 16.5. The van der Waals surface area contributed by atoms with Gasteiger partial charge in [-0.05, 0) is 26.7 Å².